The molecule has 1 heterocycles. The number of aryl methyl sites for hydroxylation is 1. The maximum absolute atomic E-state index is 9.44. The van der Waals surface area contributed by atoms with Crippen LogP contribution in [0.4, 0.5) is 0 Å². The first-order valence-corrected chi connectivity index (χ1v) is 5.83. The SMILES string of the molecule is Cc1cc(C2=NCC(C)(C)S2)ccc1O. The molecule has 0 spiro atoms. The van der Waals surface area contributed by atoms with Gasteiger partial charge in [0.15, 0.2) is 0 Å². The molecule has 1 N–H and O–H groups in total. The summed E-state index contributed by atoms with van der Waals surface area (Å²) >= 11 is 1.80. The number of thioether (sulfide) groups is 1. The van der Waals surface area contributed by atoms with Crippen molar-refractivity contribution in [3.8, 4) is 5.75 Å². The lowest BCUT2D eigenvalue weighted by Crippen LogP contribution is -2.14. The summed E-state index contributed by atoms with van der Waals surface area (Å²) in [4.78, 5) is 4.53. The predicted molar refractivity (Wildman–Crippen MR) is 65.9 cm³/mol. The van der Waals surface area contributed by atoms with Crippen LogP contribution in [-0.4, -0.2) is 21.4 Å². The van der Waals surface area contributed by atoms with Crippen molar-refractivity contribution in [2.45, 2.75) is 25.5 Å². The van der Waals surface area contributed by atoms with Gasteiger partial charge in [0.25, 0.3) is 0 Å². The topological polar surface area (TPSA) is 32.6 Å². The summed E-state index contributed by atoms with van der Waals surface area (Å²) in [7, 11) is 0. The first-order chi connectivity index (χ1) is 6.98. The van der Waals surface area contributed by atoms with Crippen LogP contribution in [0.3, 0.4) is 0 Å². The summed E-state index contributed by atoms with van der Waals surface area (Å²) in [6, 6.07) is 5.65. The van der Waals surface area contributed by atoms with E-state index in [1.165, 1.54) is 0 Å². The number of hydrogen-bond donors (Lipinski definition) is 1. The Morgan fingerprint density at radius 1 is 1.40 bits per heavy atom. The molecule has 1 aliphatic heterocycles. The van der Waals surface area contributed by atoms with Crippen molar-refractivity contribution in [2.75, 3.05) is 6.54 Å². The Labute approximate surface area is 94.4 Å². The number of aromatic hydroxyl groups is 1. The van der Waals surface area contributed by atoms with Gasteiger partial charge in [0.1, 0.15) is 5.75 Å². The van der Waals surface area contributed by atoms with Gasteiger partial charge in [0, 0.05) is 10.3 Å². The highest BCUT2D eigenvalue weighted by atomic mass is 32.2. The lowest BCUT2D eigenvalue weighted by molar-refractivity contribution is 0.471. The van der Waals surface area contributed by atoms with E-state index in [1.807, 2.05) is 19.1 Å². The van der Waals surface area contributed by atoms with Crippen molar-refractivity contribution in [1.82, 2.24) is 0 Å². The number of phenolic OH excluding ortho intramolecular Hbond substituents is 1. The van der Waals surface area contributed by atoms with Crippen LogP contribution >= 0.6 is 11.8 Å². The molecule has 0 aromatic heterocycles. The Balaban J connectivity index is 2.29. The molecular formula is C12H15NOS. The molecule has 3 heteroatoms. The lowest BCUT2D eigenvalue weighted by Gasteiger charge is -2.14. The van der Waals surface area contributed by atoms with Gasteiger partial charge in [0.2, 0.25) is 0 Å². The predicted octanol–water partition coefficient (Wildman–Crippen LogP) is 2.97. The standard InChI is InChI=1S/C12H15NOS/c1-8-6-9(4-5-10(8)14)11-13-7-12(2,3)15-11/h4-6,14H,7H2,1-3H3. The molecule has 0 amide bonds. The second-order valence-corrected chi connectivity index (χ2v) is 6.18. The number of benzene rings is 1. The third kappa shape index (κ3) is 2.17. The van der Waals surface area contributed by atoms with E-state index in [9.17, 15) is 5.11 Å². The van der Waals surface area contributed by atoms with Gasteiger partial charge in [-0.1, -0.05) is 11.8 Å². The second kappa shape index (κ2) is 3.56. The fraction of sp³-hybridized carbons (Fsp3) is 0.417. The minimum absolute atomic E-state index is 0.209. The Morgan fingerprint density at radius 3 is 2.67 bits per heavy atom. The monoisotopic (exact) mass is 221 g/mol. The molecule has 0 saturated carbocycles. The molecule has 0 fully saturated rings. The van der Waals surface area contributed by atoms with Gasteiger partial charge in [0.05, 0.1) is 11.6 Å². The zero-order valence-corrected chi connectivity index (χ0v) is 10.1. The van der Waals surface area contributed by atoms with Gasteiger partial charge in [-0.15, -0.1) is 0 Å². The Kier molecular flexibility index (Phi) is 2.51. The quantitative estimate of drug-likeness (QED) is 0.790. The molecule has 0 aliphatic carbocycles. The molecule has 1 aliphatic rings. The number of aliphatic imine (C=N–C) groups is 1. The van der Waals surface area contributed by atoms with Crippen LogP contribution in [0.5, 0.6) is 5.75 Å². The largest absolute Gasteiger partial charge is 0.508 e. The normalized spacial score (nSPS) is 19.0. The zero-order valence-electron chi connectivity index (χ0n) is 9.24. The molecule has 0 radical (unpaired) electrons. The summed E-state index contributed by atoms with van der Waals surface area (Å²) in [5.41, 5.74) is 2.02. The van der Waals surface area contributed by atoms with Gasteiger partial charge in [-0.3, -0.25) is 4.99 Å². The van der Waals surface area contributed by atoms with E-state index >= 15 is 0 Å². The van der Waals surface area contributed by atoms with Gasteiger partial charge in [-0.25, -0.2) is 0 Å². The molecule has 0 atom stereocenters. The van der Waals surface area contributed by atoms with Crippen LogP contribution in [0.15, 0.2) is 23.2 Å². The molecule has 80 valence electrons. The second-order valence-electron chi connectivity index (χ2n) is 4.48. The zero-order chi connectivity index (χ0) is 11.1. The van der Waals surface area contributed by atoms with Gasteiger partial charge >= 0.3 is 0 Å². The van der Waals surface area contributed by atoms with Gasteiger partial charge in [-0.05, 0) is 44.5 Å². The highest BCUT2D eigenvalue weighted by Gasteiger charge is 2.27. The van der Waals surface area contributed by atoms with Crippen molar-refractivity contribution < 1.29 is 5.11 Å². The fourth-order valence-corrected chi connectivity index (χ4v) is 2.55. The van der Waals surface area contributed by atoms with Gasteiger partial charge in [-0.2, -0.15) is 0 Å². The molecule has 0 bridgehead atoms. The van der Waals surface area contributed by atoms with E-state index in [-0.39, 0.29) is 4.75 Å². The van der Waals surface area contributed by atoms with Crippen LogP contribution in [0.1, 0.15) is 25.0 Å². The Hall–Kier alpha value is -0.960. The highest BCUT2D eigenvalue weighted by molar-refractivity contribution is 8.15. The van der Waals surface area contributed by atoms with Crippen molar-refractivity contribution in [3.63, 3.8) is 0 Å². The van der Waals surface area contributed by atoms with Crippen molar-refractivity contribution >= 4 is 16.8 Å². The first-order valence-electron chi connectivity index (χ1n) is 5.01. The molecule has 1 aromatic carbocycles. The Bertz CT molecular complexity index is 424. The number of nitrogens with zero attached hydrogens (tertiary/aromatic N) is 1. The summed E-state index contributed by atoms with van der Waals surface area (Å²) in [5.74, 6) is 0.349. The average Bonchev–Trinajstić information content (AvgIpc) is 2.51. The minimum atomic E-state index is 0.209. The van der Waals surface area contributed by atoms with Crippen LogP contribution < -0.4 is 0 Å². The fourth-order valence-electron chi connectivity index (χ4n) is 1.53. The average molecular weight is 221 g/mol. The first kappa shape index (κ1) is 10.6. The molecule has 2 nitrogen and oxygen atoms in total. The third-order valence-corrected chi connectivity index (χ3v) is 3.66. The summed E-state index contributed by atoms with van der Waals surface area (Å²) in [6.07, 6.45) is 0. The molecule has 1 aromatic rings. The molecule has 2 rings (SSSR count). The van der Waals surface area contributed by atoms with E-state index < -0.39 is 0 Å². The minimum Gasteiger partial charge on any atom is -0.508 e. The van der Waals surface area contributed by atoms with Crippen molar-refractivity contribution in [2.24, 2.45) is 4.99 Å². The third-order valence-electron chi connectivity index (χ3n) is 2.42. The molecule has 0 unspecified atom stereocenters. The lowest BCUT2D eigenvalue weighted by atomic mass is 10.1. The van der Waals surface area contributed by atoms with Crippen molar-refractivity contribution in [3.05, 3.63) is 29.3 Å². The van der Waals surface area contributed by atoms with Crippen molar-refractivity contribution in [1.29, 1.82) is 0 Å². The van der Waals surface area contributed by atoms with Crippen LogP contribution in [0.25, 0.3) is 0 Å². The smallest absolute Gasteiger partial charge is 0.118 e. The van der Waals surface area contributed by atoms with E-state index in [2.05, 4.69) is 18.8 Å². The van der Waals surface area contributed by atoms with Crippen LogP contribution in [0.2, 0.25) is 0 Å². The highest BCUT2D eigenvalue weighted by Crippen LogP contribution is 2.35. The summed E-state index contributed by atoms with van der Waals surface area (Å²) in [6.45, 7) is 7.17. The maximum atomic E-state index is 9.44. The summed E-state index contributed by atoms with van der Waals surface area (Å²) < 4.78 is 0.209. The van der Waals surface area contributed by atoms with E-state index in [1.54, 1.807) is 17.8 Å². The molecule has 0 saturated heterocycles. The van der Waals surface area contributed by atoms with Gasteiger partial charge < -0.3 is 5.11 Å². The van der Waals surface area contributed by atoms with Crippen LogP contribution in [-0.2, 0) is 0 Å². The summed E-state index contributed by atoms with van der Waals surface area (Å²) in [5, 5.41) is 10.5. The Morgan fingerprint density at radius 2 is 2.13 bits per heavy atom. The number of rotatable bonds is 1. The van der Waals surface area contributed by atoms with E-state index in [4.69, 9.17) is 0 Å². The van der Waals surface area contributed by atoms with Crippen LogP contribution in [0, 0.1) is 6.92 Å². The number of hydrogen-bond acceptors (Lipinski definition) is 3. The maximum Gasteiger partial charge on any atom is 0.118 e. The van der Waals surface area contributed by atoms with E-state index in [0.29, 0.717) is 5.75 Å². The number of phenols is 1. The van der Waals surface area contributed by atoms with E-state index in [0.717, 1.165) is 22.7 Å². The molecule has 15 heavy (non-hydrogen) atoms. The molecular weight excluding hydrogens is 206 g/mol.